The van der Waals surface area contributed by atoms with Crippen LogP contribution in [0.5, 0.6) is 0 Å². The highest BCUT2D eigenvalue weighted by Gasteiger charge is 2.30. The minimum atomic E-state index is -0.818. The van der Waals surface area contributed by atoms with Crippen molar-refractivity contribution in [3.63, 3.8) is 0 Å². The second-order valence-corrected chi connectivity index (χ2v) is 8.98. The molecule has 0 aromatic rings. The lowest BCUT2D eigenvalue weighted by atomic mass is 9.86. The van der Waals surface area contributed by atoms with Crippen molar-refractivity contribution < 1.29 is 19.1 Å². The smallest absolute Gasteiger partial charge is 0.242 e. The van der Waals surface area contributed by atoms with Crippen LogP contribution >= 0.6 is 15.9 Å². The van der Waals surface area contributed by atoms with Crippen LogP contribution in [0.4, 0.5) is 0 Å². The average molecular weight is 391 g/mol. The third-order valence-electron chi connectivity index (χ3n) is 3.72. The van der Waals surface area contributed by atoms with Gasteiger partial charge in [0.15, 0.2) is 6.29 Å². The maximum atomic E-state index is 11.9. The first-order valence-corrected chi connectivity index (χ1v) is 8.66. The molecule has 1 unspecified atom stereocenters. The van der Waals surface area contributed by atoms with Gasteiger partial charge in [0.05, 0.1) is 17.4 Å². The fourth-order valence-electron chi connectivity index (χ4n) is 1.95. The second kappa shape index (κ2) is 8.35. The third-order valence-corrected chi connectivity index (χ3v) is 4.08. The highest BCUT2D eigenvalue weighted by atomic mass is 79.9. The maximum Gasteiger partial charge on any atom is 0.242 e. The molecule has 7 heteroatoms. The Hall–Kier alpha value is -0.790. The van der Waals surface area contributed by atoms with Crippen LogP contribution in [-0.2, 0) is 19.1 Å². The molecule has 2 N–H and O–H groups in total. The Morgan fingerprint density at radius 1 is 1.30 bits per heavy atom. The summed E-state index contributed by atoms with van der Waals surface area (Å²) in [6.07, 6.45) is 2.64. The number of carbonyl (C=O) groups excluding carboxylic acids is 2. The quantitative estimate of drug-likeness (QED) is 0.516. The summed E-state index contributed by atoms with van der Waals surface area (Å²) in [6, 6.07) is 0. The molecular weight excluding hydrogens is 364 g/mol. The fourth-order valence-corrected chi connectivity index (χ4v) is 2.05. The number of hydrogen-bond donors (Lipinski definition) is 2. The number of imide groups is 1. The van der Waals surface area contributed by atoms with Crippen molar-refractivity contribution in [2.75, 3.05) is 13.2 Å². The molecule has 0 spiro atoms. The Morgan fingerprint density at radius 2 is 1.96 bits per heavy atom. The van der Waals surface area contributed by atoms with Gasteiger partial charge < -0.3 is 14.9 Å². The Kier molecular flexibility index (Phi) is 7.35. The first kappa shape index (κ1) is 20.3. The van der Waals surface area contributed by atoms with E-state index < -0.39 is 21.6 Å². The van der Waals surface area contributed by atoms with Crippen LogP contribution in [0.1, 0.15) is 53.4 Å². The molecule has 23 heavy (non-hydrogen) atoms. The maximum absolute atomic E-state index is 11.9. The summed E-state index contributed by atoms with van der Waals surface area (Å²) in [5.74, 6) is -0.894. The molecule has 1 saturated heterocycles. The monoisotopic (exact) mass is 390 g/mol. The minimum Gasteiger partial charge on any atom is -0.353 e. The molecule has 1 fully saturated rings. The van der Waals surface area contributed by atoms with Gasteiger partial charge in [-0.25, -0.2) is 0 Å². The second-order valence-electron chi connectivity index (χ2n) is 7.00. The normalized spacial score (nSPS) is 19.3. The van der Waals surface area contributed by atoms with E-state index in [1.165, 1.54) is 0 Å². The molecule has 0 saturated carbocycles. The summed E-state index contributed by atoms with van der Waals surface area (Å²) >= 11 is 3.20. The average Bonchev–Trinajstić information content (AvgIpc) is 2.45. The van der Waals surface area contributed by atoms with Crippen molar-refractivity contribution >= 4 is 33.5 Å². The van der Waals surface area contributed by atoms with E-state index in [2.05, 4.69) is 21.2 Å². The molecule has 0 aromatic heterocycles. The van der Waals surface area contributed by atoms with Gasteiger partial charge in [-0.2, -0.15) is 0 Å². The summed E-state index contributed by atoms with van der Waals surface area (Å²) in [5, 5.41) is 10.4. The lowest BCUT2D eigenvalue weighted by molar-refractivity contribution is -0.171. The van der Waals surface area contributed by atoms with Gasteiger partial charge in [-0.3, -0.25) is 14.9 Å². The first-order valence-electron chi connectivity index (χ1n) is 7.86. The van der Waals surface area contributed by atoms with Crippen LogP contribution in [0, 0.1) is 10.8 Å². The highest BCUT2D eigenvalue weighted by Crippen LogP contribution is 2.23. The Labute approximate surface area is 146 Å². The van der Waals surface area contributed by atoms with E-state index >= 15 is 0 Å². The lowest BCUT2D eigenvalue weighted by Gasteiger charge is -2.30. The Balaban J connectivity index is 2.44. The van der Waals surface area contributed by atoms with Crippen LogP contribution in [0.2, 0.25) is 0 Å². The van der Waals surface area contributed by atoms with Crippen molar-refractivity contribution in [2.45, 2.75) is 64.0 Å². The molecule has 1 atom stereocenters. The third kappa shape index (κ3) is 7.10. The zero-order valence-electron chi connectivity index (χ0n) is 14.3. The Bertz CT molecular complexity index is 451. The predicted octanol–water partition coefficient (Wildman–Crippen LogP) is 2.78. The summed E-state index contributed by atoms with van der Waals surface area (Å²) in [4.78, 5) is 23.7. The first-order chi connectivity index (χ1) is 10.5. The van der Waals surface area contributed by atoms with Gasteiger partial charge in [-0.15, -0.1) is 0 Å². The van der Waals surface area contributed by atoms with Gasteiger partial charge in [0, 0.05) is 17.7 Å². The van der Waals surface area contributed by atoms with E-state index in [1.807, 2.05) is 13.8 Å². The summed E-state index contributed by atoms with van der Waals surface area (Å²) in [7, 11) is 0. The summed E-state index contributed by atoms with van der Waals surface area (Å²) in [6.45, 7) is 8.02. The highest BCUT2D eigenvalue weighted by molar-refractivity contribution is 9.10. The molecular formula is C16H27BrN2O4. The van der Waals surface area contributed by atoms with Crippen molar-refractivity contribution in [3.05, 3.63) is 0 Å². The number of amides is 2. The van der Waals surface area contributed by atoms with E-state index in [4.69, 9.17) is 14.9 Å². The van der Waals surface area contributed by atoms with Crippen LogP contribution in [-0.4, -0.2) is 41.4 Å². The molecule has 1 rings (SSSR count). The number of hydrogen-bond acceptors (Lipinski definition) is 5. The zero-order chi connectivity index (χ0) is 17.7. The predicted molar refractivity (Wildman–Crippen MR) is 91.8 cm³/mol. The van der Waals surface area contributed by atoms with Crippen molar-refractivity contribution in [2.24, 2.45) is 5.41 Å². The summed E-state index contributed by atoms with van der Waals surface area (Å²) < 4.78 is 10.4. The van der Waals surface area contributed by atoms with E-state index in [0.29, 0.717) is 13.2 Å². The van der Waals surface area contributed by atoms with E-state index in [9.17, 15) is 9.59 Å². The molecule has 1 heterocycles. The van der Waals surface area contributed by atoms with Gasteiger partial charge in [-0.05, 0) is 33.1 Å². The molecule has 0 bridgehead atoms. The molecule has 132 valence electrons. The molecule has 0 radical (unpaired) electrons. The lowest BCUT2D eigenvalue weighted by Crippen LogP contribution is -2.43. The van der Waals surface area contributed by atoms with E-state index in [0.717, 1.165) is 19.3 Å². The van der Waals surface area contributed by atoms with Crippen LogP contribution in [0.15, 0.2) is 0 Å². The molecule has 0 aliphatic carbocycles. The van der Waals surface area contributed by atoms with Gasteiger partial charge in [0.2, 0.25) is 11.8 Å². The van der Waals surface area contributed by atoms with Crippen LogP contribution < -0.4 is 5.32 Å². The van der Waals surface area contributed by atoms with Gasteiger partial charge in [-0.1, -0.05) is 29.8 Å². The standard InChI is InChI=1S/C16H27BrN2O4/c1-15(2,10-23-13-7-5-6-8-22-13)11(18)9-12(20)19-14(21)16(3,4)17/h13,18H,5-10H2,1-4H3,(H,19,20,21). The number of alkyl halides is 1. The van der Waals surface area contributed by atoms with Crippen molar-refractivity contribution in [3.8, 4) is 0 Å². The van der Waals surface area contributed by atoms with Gasteiger partial charge in [0.25, 0.3) is 0 Å². The van der Waals surface area contributed by atoms with Crippen molar-refractivity contribution in [1.29, 1.82) is 5.41 Å². The molecule has 6 nitrogen and oxygen atoms in total. The number of rotatable bonds is 7. The number of ether oxygens (including phenoxy) is 2. The van der Waals surface area contributed by atoms with Gasteiger partial charge in [0.1, 0.15) is 0 Å². The van der Waals surface area contributed by atoms with E-state index in [1.54, 1.807) is 13.8 Å². The fraction of sp³-hybridized carbons (Fsp3) is 0.812. The zero-order valence-corrected chi connectivity index (χ0v) is 15.9. The molecule has 1 aliphatic heterocycles. The largest absolute Gasteiger partial charge is 0.353 e. The number of nitrogens with one attached hydrogen (secondary N) is 2. The minimum absolute atomic E-state index is 0.128. The Morgan fingerprint density at radius 3 is 2.48 bits per heavy atom. The van der Waals surface area contributed by atoms with Gasteiger partial charge >= 0.3 is 0 Å². The number of carbonyl (C=O) groups is 2. The topological polar surface area (TPSA) is 88.5 Å². The van der Waals surface area contributed by atoms with Crippen LogP contribution in [0.3, 0.4) is 0 Å². The summed E-state index contributed by atoms with van der Waals surface area (Å²) in [5.41, 5.74) is -0.364. The molecule has 1 aliphatic rings. The van der Waals surface area contributed by atoms with Crippen molar-refractivity contribution in [1.82, 2.24) is 5.32 Å². The van der Waals surface area contributed by atoms with E-state index in [-0.39, 0.29) is 18.4 Å². The molecule has 2 amide bonds. The van der Waals surface area contributed by atoms with Crippen LogP contribution in [0.25, 0.3) is 0 Å². The molecule has 0 aromatic carbocycles. The SMILES string of the molecule is CC(C)(Br)C(=O)NC(=O)CC(=N)C(C)(C)COC1CCCCO1. The number of halogens is 1.